The van der Waals surface area contributed by atoms with Crippen molar-refractivity contribution in [1.29, 1.82) is 0 Å². The van der Waals surface area contributed by atoms with Gasteiger partial charge in [-0.15, -0.1) is 0 Å². The van der Waals surface area contributed by atoms with Gasteiger partial charge in [0.25, 0.3) is 0 Å². The van der Waals surface area contributed by atoms with E-state index in [1.807, 2.05) is 13.8 Å². The van der Waals surface area contributed by atoms with Crippen molar-refractivity contribution in [3.05, 3.63) is 24.4 Å². The molecule has 20 heavy (non-hydrogen) atoms. The van der Waals surface area contributed by atoms with E-state index in [-0.39, 0.29) is 47.1 Å². The van der Waals surface area contributed by atoms with E-state index in [1.165, 1.54) is 6.20 Å². The minimum absolute atomic E-state index is 0. The summed E-state index contributed by atoms with van der Waals surface area (Å²) >= 11 is -2.38. The number of hydrogen-bond acceptors (Lipinski definition) is 3. The number of aromatic nitrogens is 1. The van der Waals surface area contributed by atoms with E-state index in [9.17, 15) is 13.2 Å². The second-order valence-corrected chi connectivity index (χ2v) is 5.34. The maximum Gasteiger partial charge on any atom is 1.00 e. The molecule has 2 rings (SSSR count). The van der Waals surface area contributed by atoms with E-state index < -0.39 is 17.8 Å². The van der Waals surface area contributed by atoms with Crippen LogP contribution in [0, 0.1) is 0 Å². The fourth-order valence-corrected chi connectivity index (χ4v) is 2.62. The Balaban J connectivity index is 0.00000200. The minimum atomic E-state index is -2.38. The topological polar surface area (TPSA) is 54.3 Å². The molecule has 104 valence electrons. The minimum Gasteiger partial charge on any atom is -0.768 e. The zero-order valence-corrected chi connectivity index (χ0v) is 14.6. The molecular weight excluding hydrogens is 292 g/mol. The first-order valence-electron chi connectivity index (χ1n) is 5.98. The first kappa shape index (κ1) is 17.7. The van der Waals surface area contributed by atoms with Crippen molar-refractivity contribution in [1.82, 2.24) is 4.57 Å². The normalized spacial score (nSPS) is 12.4. The molecular formula is C13H15FNNaO3S. The van der Waals surface area contributed by atoms with Crippen molar-refractivity contribution in [3.63, 3.8) is 0 Å². The van der Waals surface area contributed by atoms with Gasteiger partial charge < -0.3 is 13.9 Å². The molecule has 0 aliphatic carbocycles. The number of nitrogens with zero attached hydrogens (tertiary/aromatic N) is 1. The number of benzene rings is 1. The molecule has 0 amide bonds. The first-order chi connectivity index (χ1) is 9.04. The number of halogens is 1. The summed E-state index contributed by atoms with van der Waals surface area (Å²) in [7, 11) is 0. The van der Waals surface area contributed by atoms with Crippen LogP contribution >= 0.6 is 0 Å². The molecule has 0 aliphatic heterocycles. The summed E-state index contributed by atoms with van der Waals surface area (Å²) in [5, 5.41) is 0.512. The van der Waals surface area contributed by atoms with Crippen LogP contribution < -0.4 is 34.3 Å². The van der Waals surface area contributed by atoms with Gasteiger partial charge in [-0.05, 0) is 37.1 Å². The van der Waals surface area contributed by atoms with Crippen molar-refractivity contribution >= 4 is 22.0 Å². The third-order valence-electron chi connectivity index (χ3n) is 2.70. The smallest absolute Gasteiger partial charge is 0.768 e. The van der Waals surface area contributed by atoms with Crippen molar-refractivity contribution in [3.8, 4) is 5.75 Å². The van der Waals surface area contributed by atoms with Crippen LogP contribution in [0.15, 0.2) is 29.3 Å². The first-order valence-corrected chi connectivity index (χ1v) is 7.05. The van der Waals surface area contributed by atoms with Crippen molar-refractivity contribution in [2.75, 3.05) is 6.67 Å². The average Bonchev–Trinajstić information content (AvgIpc) is 2.69. The quantitative estimate of drug-likeness (QED) is 0.560. The average molecular weight is 307 g/mol. The predicted molar refractivity (Wildman–Crippen MR) is 70.9 cm³/mol. The zero-order chi connectivity index (χ0) is 14.0. The Morgan fingerprint density at radius 1 is 1.45 bits per heavy atom. The van der Waals surface area contributed by atoms with Gasteiger partial charge in [-0.3, -0.25) is 4.21 Å². The molecule has 0 saturated carbocycles. The third kappa shape index (κ3) is 3.62. The Morgan fingerprint density at radius 3 is 2.70 bits per heavy atom. The number of rotatable bonds is 5. The molecule has 1 atom stereocenters. The van der Waals surface area contributed by atoms with Gasteiger partial charge >= 0.3 is 29.6 Å². The Kier molecular flexibility index (Phi) is 6.68. The van der Waals surface area contributed by atoms with Crippen molar-refractivity contribution < 1.29 is 47.4 Å². The molecule has 0 radical (unpaired) electrons. The summed E-state index contributed by atoms with van der Waals surface area (Å²) in [6, 6.07) is 5.25. The Hall–Kier alpha value is -0.400. The largest absolute Gasteiger partial charge is 1.00 e. The zero-order valence-electron chi connectivity index (χ0n) is 11.8. The number of fused-ring (bicyclic) bond motifs is 1. The summed E-state index contributed by atoms with van der Waals surface area (Å²) in [6.45, 7) is 3.30. The third-order valence-corrected chi connectivity index (χ3v) is 3.37. The summed E-state index contributed by atoms with van der Waals surface area (Å²) in [6.07, 6.45) is 1.38. The molecule has 2 aromatic rings. The summed E-state index contributed by atoms with van der Waals surface area (Å²) < 4.78 is 42.4. The van der Waals surface area contributed by atoms with Gasteiger partial charge in [0.15, 0.2) is 0 Å². The Morgan fingerprint density at radius 2 is 2.15 bits per heavy atom. The molecule has 0 saturated heterocycles. The van der Waals surface area contributed by atoms with Crippen LogP contribution in [0.2, 0.25) is 0 Å². The van der Waals surface area contributed by atoms with Gasteiger partial charge in [0.2, 0.25) is 0 Å². The van der Waals surface area contributed by atoms with Gasteiger partial charge in [0.05, 0.1) is 28.4 Å². The van der Waals surface area contributed by atoms with Crippen molar-refractivity contribution in [2.24, 2.45) is 0 Å². The van der Waals surface area contributed by atoms with Gasteiger partial charge in [-0.2, -0.15) is 0 Å². The summed E-state index contributed by atoms with van der Waals surface area (Å²) in [5.41, 5.74) is 0.662. The van der Waals surface area contributed by atoms with Crippen LogP contribution in [0.4, 0.5) is 4.39 Å². The molecule has 1 heterocycles. The summed E-state index contributed by atoms with van der Waals surface area (Å²) in [4.78, 5) is 0.139. The van der Waals surface area contributed by atoms with E-state index in [0.717, 1.165) is 0 Å². The molecule has 0 fully saturated rings. The van der Waals surface area contributed by atoms with Crippen LogP contribution in [0.3, 0.4) is 0 Å². The van der Waals surface area contributed by atoms with Gasteiger partial charge in [0.1, 0.15) is 12.4 Å². The fraction of sp³-hybridized carbons (Fsp3) is 0.385. The molecule has 0 bridgehead atoms. The van der Waals surface area contributed by atoms with E-state index in [4.69, 9.17) is 4.74 Å². The second kappa shape index (κ2) is 7.56. The van der Waals surface area contributed by atoms with Crippen LogP contribution in [-0.4, -0.2) is 26.1 Å². The second-order valence-electron chi connectivity index (χ2n) is 4.43. The molecule has 0 spiro atoms. The molecule has 0 N–H and O–H groups in total. The molecule has 1 aromatic carbocycles. The fourth-order valence-electron chi connectivity index (χ4n) is 2.04. The Bertz CT molecular complexity index is 615. The SMILES string of the molecule is CC(C)Oc1cccc2c1c(S(=O)[O-])cn2CCF.[Na+]. The molecule has 1 unspecified atom stereocenters. The van der Waals surface area contributed by atoms with E-state index >= 15 is 0 Å². The van der Waals surface area contributed by atoms with E-state index in [2.05, 4.69) is 0 Å². The van der Waals surface area contributed by atoms with Gasteiger partial charge in [-0.25, -0.2) is 4.39 Å². The standard InChI is InChI=1S/C13H16FNO3S.Na/c1-9(2)18-11-5-3-4-10-13(11)12(19(16)17)8-15(10)7-6-14;/h3-5,8-9H,6-7H2,1-2H3,(H,16,17);/q;+1/p-1. The van der Waals surface area contributed by atoms with Crippen molar-refractivity contribution in [2.45, 2.75) is 31.4 Å². The van der Waals surface area contributed by atoms with Crippen LogP contribution in [-0.2, 0) is 17.6 Å². The molecule has 1 aromatic heterocycles. The number of alkyl halides is 1. The van der Waals surface area contributed by atoms with Crippen LogP contribution in [0.5, 0.6) is 5.75 Å². The number of aryl methyl sites for hydroxylation is 1. The van der Waals surface area contributed by atoms with Gasteiger partial charge in [0, 0.05) is 6.20 Å². The molecule has 4 nitrogen and oxygen atoms in total. The summed E-state index contributed by atoms with van der Waals surface area (Å²) in [5.74, 6) is 0.504. The van der Waals surface area contributed by atoms with Crippen LogP contribution in [0.1, 0.15) is 13.8 Å². The Labute approximate surface area is 141 Å². The van der Waals surface area contributed by atoms with E-state index in [0.29, 0.717) is 16.7 Å². The maximum atomic E-state index is 12.5. The molecule has 0 aliphatic rings. The maximum absolute atomic E-state index is 12.5. The van der Waals surface area contributed by atoms with Gasteiger partial charge in [-0.1, -0.05) is 6.07 Å². The van der Waals surface area contributed by atoms with Crippen LogP contribution in [0.25, 0.3) is 10.9 Å². The monoisotopic (exact) mass is 307 g/mol. The number of hydrogen-bond donors (Lipinski definition) is 0. The number of ether oxygens (including phenoxy) is 1. The predicted octanol–water partition coefficient (Wildman–Crippen LogP) is -0.360. The van der Waals surface area contributed by atoms with E-state index in [1.54, 1.807) is 22.8 Å². The molecule has 7 heteroatoms.